The number of anilines is 2. The molecule has 0 aliphatic carbocycles. The molecule has 0 saturated carbocycles. The van der Waals surface area contributed by atoms with Gasteiger partial charge in [-0.2, -0.15) is 15.0 Å². The summed E-state index contributed by atoms with van der Waals surface area (Å²) in [6, 6.07) is 0.278. The Labute approximate surface area is 142 Å². The van der Waals surface area contributed by atoms with Crippen molar-refractivity contribution in [2.45, 2.75) is 45.3 Å². The lowest BCUT2D eigenvalue weighted by molar-refractivity contribution is 0.0206. The molecule has 24 heavy (non-hydrogen) atoms. The van der Waals surface area contributed by atoms with Gasteiger partial charge in [-0.15, -0.1) is 0 Å². The van der Waals surface area contributed by atoms with E-state index in [1.54, 1.807) is 11.9 Å². The van der Waals surface area contributed by atoms with Crippen molar-refractivity contribution in [3.8, 4) is 6.01 Å². The van der Waals surface area contributed by atoms with Gasteiger partial charge in [0.25, 0.3) is 0 Å². The van der Waals surface area contributed by atoms with Crippen LogP contribution in [0.1, 0.15) is 33.6 Å². The van der Waals surface area contributed by atoms with Crippen molar-refractivity contribution in [1.29, 1.82) is 0 Å². The molecule has 0 unspecified atom stereocenters. The topological polar surface area (TPSA) is 102 Å². The first-order valence-electron chi connectivity index (χ1n) is 8.03. The first-order chi connectivity index (χ1) is 11.3. The molecule has 134 valence electrons. The lowest BCUT2D eigenvalue weighted by atomic mass is 10.1. The molecule has 9 nitrogen and oxygen atoms in total. The molecule has 2 heterocycles. The highest BCUT2D eigenvalue weighted by molar-refractivity contribution is 5.68. The Morgan fingerprint density at radius 2 is 1.96 bits per heavy atom. The molecule has 1 saturated heterocycles. The molecule has 2 N–H and O–H groups in total. The van der Waals surface area contributed by atoms with Crippen molar-refractivity contribution in [1.82, 2.24) is 19.9 Å². The number of nitrogens with zero attached hydrogens (tertiary/aromatic N) is 4. The number of hydrogen-bond donors (Lipinski definition) is 2. The summed E-state index contributed by atoms with van der Waals surface area (Å²) < 4.78 is 10.5. The Balaban J connectivity index is 2.01. The van der Waals surface area contributed by atoms with Crippen LogP contribution in [0.2, 0.25) is 0 Å². The molecule has 1 aliphatic heterocycles. The number of methoxy groups -OCH3 is 1. The summed E-state index contributed by atoms with van der Waals surface area (Å²) in [5, 5.41) is 6.11. The van der Waals surface area contributed by atoms with E-state index >= 15 is 0 Å². The summed E-state index contributed by atoms with van der Waals surface area (Å²) in [5.74, 6) is 0.839. The SMILES string of the molecule is CNc1nc(N[C@H]2CCCN(C(=O)OC(C)(C)C)C2)nc(OC)n1. The fraction of sp³-hybridized carbons (Fsp3) is 0.733. The molecule has 1 aromatic rings. The first kappa shape index (κ1) is 18.0. The van der Waals surface area contributed by atoms with Crippen LogP contribution in [0, 0.1) is 0 Å². The highest BCUT2D eigenvalue weighted by atomic mass is 16.6. The maximum atomic E-state index is 12.2. The van der Waals surface area contributed by atoms with E-state index in [9.17, 15) is 4.79 Å². The van der Waals surface area contributed by atoms with Gasteiger partial charge in [0.1, 0.15) is 5.60 Å². The van der Waals surface area contributed by atoms with Crippen molar-refractivity contribution >= 4 is 18.0 Å². The average Bonchev–Trinajstić information content (AvgIpc) is 2.53. The molecular formula is C15H26N6O3. The van der Waals surface area contributed by atoms with Gasteiger partial charge in [0, 0.05) is 26.2 Å². The zero-order chi connectivity index (χ0) is 17.7. The minimum atomic E-state index is -0.499. The average molecular weight is 338 g/mol. The number of rotatable bonds is 4. The van der Waals surface area contributed by atoms with Gasteiger partial charge in [-0.05, 0) is 33.6 Å². The molecule has 0 radical (unpaired) electrons. The van der Waals surface area contributed by atoms with Crippen molar-refractivity contribution < 1.29 is 14.3 Å². The normalized spacial score (nSPS) is 18.0. The molecule has 1 fully saturated rings. The van der Waals surface area contributed by atoms with E-state index in [0.717, 1.165) is 12.8 Å². The number of hydrogen-bond acceptors (Lipinski definition) is 8. The number of piperidine rings is 1. The molecule has 0 spiro atoms. The van der Waals surface area contributed by atoms with Crippen LogP contribution >= 0.6 is 0 Å². The molecular weight excluding hydrogens is 312 g/mol. The largest absolute Gasteiger partial charge is 0.467 e. The summed E-state index contributed by atoms with van der Waals surface area (Å²) in [7, 11) is 3.23. The van der Waals surface area contributed by atoms with Gasteiger partial charge >= 0.3 is 12.1 Å². The molecule has 1 atom stereocenters. The summed E-state index contributed by atoms with van der Waals surface area (Å²) in [4.78, 5) is 26.5. The molecule has 0 aromatic carbocycles. The van der Waals surface area contributed by atoms with Crippen molar-refractivity contribution in [2.75, 3.05) is 37.9 Å². The number of aromatic nitrogens is 3. The quantitative estimate of drug-likeness (QED) is 0.856. The van der Waals surface area contributed by atoms with Gasteiger partial charge < -0.3 is 25.0 Å². The predicted molar refractivity (Wildman–Crippen MR) is 90.4 cm³/mol. The van der Waals surface area contributed by atoms with Gasteiger partial charge in [-0.3, -0.25) is 0 Å². The van der Waals surface area contributed by atoms with Crippen LogP contribution in [0.15, 0.2) is 0 Å². The van der Waals surface area contributed by atoms with E-state index in [1.807, 2.05) is 20.8 Å². The fourth-order valence-corrected chi connectivity index (χ4v) is 2.39. The maximum Gasteiger partial charge on any atom is 0.410 e. The van der Waals surface area contributed by atoms with Crippen LogP contribution in [0.25, 0.3) is 0 Å². The van der Waals surface area contributed by atoms with Gasteiger partial charge in [-0.25, -0.2) is 4.79 Å². The summed E-state index contributed by atoms with van der Waals surface area (Å²) >= 11 is 0. The smallest absolute Gasteiger partial charge is 0.410 e. The first-order valence-corrected chi connectivity index (χ1v) is 8.03. The highest BCUT2D eigenvalue weighted by Crippen LogP contribution is 2.18. The van der Waals surface area contributed by atoms with Crippen molar-refractivity contribution in [3.05, 3.63) is 0 Å². The second-order valence-corrected chi connectivity index (χ2v) is 6.63. The van der Waals surface area contributed by atoms with Gasteiger partial charge in [0.2, 0.25) is 11.9 Å². The Bertz CT molecular complexity index is 553. The van der Waals surface area contributed by atoms with Crippen LogP contribution in [0.4, 0.5) is 16.7 Å². The van der Waals surface area contributed by atoms with E-state index in [1.165, 1.54) is 7.11 Å². The highest BCUT2D eigenvalue weighted by Gasteiger charge is 2.28. The third-order valence-electron chi connectivity index (χ3n) is 3.43. The third kappa shape index (κ3) is 5.10. The Morgan fingerprint density at radius 1 is 1.25 bits per heavy atom. The number of likely N-dealkylation sites (tertiary alicyclic amines) is 1. The van der Waals surface area contributed by atoms with Gasteiger partial charge in [0.05, 0.1) is 7.11 Å². The molecule has 1 aromatic heterocycles. The molecule has 0 bridgehead atoms. The number of ether oxygens (including phenoxy) is 2. The minimum Gasteiger partial charge on any atom is -0.467 e. The van der Waals surface area contributed by atoms with Crippen LogP contribution in [0.3, 0.4) is 0 Å². The van der Waals surface area contributed by atoms with Crippen molar-refractivity contribution in [3.63, 3.8) is 0 Å². The van der Waals surface area contributed by atoms with Crippen molar-refractivity contribution in [2.24, 2.45) is 0 Å². The summed E-state index contributed by atoms with van der Waals surface area (Å²) in [6.45, 7) is 6.82. The second-order valence-electron chi connectivity index (χ2n) is 6.63. The number of carbonyl (C=O) groups is 1. The standard InChI is InChI=1S/C15H26N6O3/c1-15(2,3)24-14(22)21-8-6-7-10(9-21)17-12-18-11(16-4)19-13(20-12)23-5/h10H,6-9H2,1-5H3,(H2,16,17,18,19,20)/t10-/m0/s1. The van der Waals surface area contributed by atoms with Gasteiger partial charge in [-0.1, -0.05) is 0 Å². The summed E-state index contributed by atoms with van der Waals surface area (Å²) in [6.07, 6.45) is 1.51. The van der Waals surface area contributed by atoms with E-state index in [0.29, 0.717) is 25.0 Å². The maximum absolute atomic E-state index is 12.2. The van der Waals surface area contributed by atoms with Crippen LogP contribution in [-0.2, 0) is 4.74 Å². The Kier molecular flexibility index (Phi) is 5.63. The van der Waals surface area contributed by atoms with Crippen LogP contribution in [0.5, 0.6) is 6.01 Å². The molecule has 9 heteroatoms. The number of nitrogens with one attached hydrogen (secondary N) is 2. The number of amides is 1. The van der Waals surface area contributed by atoms with E-state index < -0.39 is 5.60 Å². The lowest BCUT2D eigenvalue weighted by Gasteiger charge is -2.34. The lowest BCUT2D eigenvalue weighted by Crippen LogP contribution is -2.47. The fourth-order valence-electron chi connectivity index (χ4n) is 2.39. The zero-order valence-electron chi connectivity index (χ0n) is 14.9. The van der Waals surface area contributed by atoms with Crippen LogP contribution < -0.4 is 15.4 Å². The second kappa shape index (κ2) is 7.50. The molecule has 1 aliphatic rings. The van der Waals surface area contributed by atoms with Crippen LogP contribution in [-0.4, -0.2) is 64.8 Å². The Morgan fingerprint density at radius 3 is 2.58 bits per heavy atom. The number of carbonyl (C=O) groups excluding carboxylic acids is 1. The Hall–Kier alpha value is -2.32. The monoisotopic (exact) mass is 338 g/mol. The van der Waals surface area contributed by atoms with E-state index in [-0.39, 0.29) is 18.1 Å². The zero-order valence-corrected chi connectivity index (χ0v) is 14.9. The predicted octanol–water partition coefficient (Wildman–Crippen LogP) is 1.73. The van der Waals surface area contributed by atoms with Gasteiger partial charge in [0.15, 0.2) is 0 Å². The van der Waals surface area contributed by atoms with E-state index in [2.05, 4.69) is 25.6 Å². The minimum absolute atomic E-state index is 0.0445. The summed E-state index contributed by atoms with van der Waals surface area (Å²) in [5.41, 5.74) is -0.499. The van der Waals surface area contributed by atoms with E-state index in [4.69, 9.17) is 9.47 Å². The molecule has 1 amide bonds. The third-order valence-corrected chi connectivity index (χ3v) is 3.43. The molecule has 2 rings (SSSR count).